The molecule has 0 radical (unpaired) electrons. The number of hydrogen-bond acceptors (Lipinski definition) is 5. The average Bonchev–Trinajstić information content (AvgIpc) is 2.89. The van der Waals surface area contributed by atoms with E-state index in [1.54, 1.807) is 37.3 Å². The van der Waals surface area contributed by atoms with E-state index in [2.05, 4.69) is 5.32 Å². The van der Waals surface area contributed by atoms with Gasteiger partial charge in [0, 0.05) is 23.2 Å². The van der Waals surface area contributed by atoms with E-state index in [9.17, 15) is 9.59 Å². The number of carbonyl (C=O) groups is 2. The zero-order chi connectivity index (χ0) is 23.8. The topological polar surface area (TPSA) is 64.6 Å². The summed E-state index contributed by atoms with van der Waals surface area (Å²) in [6, 6.07) is 31.5. The SMILES string of the molecule is CCC(=O)Oc1c(Nc2ccccc2C(=O)c2ccccc2)cccc1OCc1ccccc1. The van der Waals surface area contributed by atoms with E-state index in [1.165, 1.54) is 0 Å². The summed E-state index contributed by atoms with van der Waals surface area (Å²) in [5.41, 5.74) is 3.23. The molecule has 0 aliphatic heterocycles. The number of ketones is 1. The van der Waals surface area contributed by atoms with Crippen LogP contribution < -0.4 is 14.8 Å². The van der Waals surface area contributed by atoms with E-state index in [-0.39, 0.29) is 23.9 Å². The number of rotatable bonds is 9. The second-order valence-electron chi connectivity index (χ2n) is 7.60. The van der Waals surface area contributed by atoms with Gasteiger partial charge in [0.1, 0.15) is 6.61 Å². The molecule has 4 rings (SSSR count). The molecule has 4 aromatic rings. The van der Waals surface area contributed by atoms with Gasteiger partial charge in [0.15, 0.2) is 17.3 Å². The highest BCUT2D eigenvalue weighted by Crippen LogP contribution is 2.38. The van der Waals surface area contributed by atoms with Crippen molar-refractivity contribution in [3.63, 3.8) is 0 Å². The summed E-state index contributed by atoms with van der Waals surface area (Å²) in [4.78, 5) is 25.4. The van der Waals surface area contributed by atoms with E-state index >= 15 is 0 Å². The standard InChI is InChI=1S/C29H25NO4/c1-2-27(31)34-29-25(18-11-19-26(29)33-20-21-12-5-3-6-13-21)30-24-17-10-9-16-23(24)28(32)22-14-7-4-8-15-22/h3-19,30H,2,20H2,1H3. The highest BCUT2D eigenvalue weighted by Gasteiger charge is 2.18. The first kappa shape index (κ1) is 22.8. The molecule has 0 saturated heterocycles. The average molecular weight is 452 g/mol. The third kappa shape index (κ3) is 5.51. The fourth-order valence-corrected chi connectivity index (χ4v) is 3.43. The van der Waals surface area contributed by atoms with Crippen LogP contribution in [0.1, 0.15) is 34.8 Å². The Morgan fingerprint density at radius 1 is 0.735 bits per heavy atom. The van der Waals surface area contributed by atoms with Crippen LogP contribution in [0.4, 0.5) is 11.4 Å². The third-order valence-electron chi connectivity index (χ3n) is 5.20. The van der Waals surface area contributed by atoms with Gasteiger partial charge in [-0.25, -0.2) is 0 Å². The Morgan fingerprint density at radius 3 is 2.12 bits per heavy atom. The molecule has 4 aromatic carbocycles. The van der Waals surface area contributed by atoms with Crippen molar-refractivity contribution in [1.29, 1.82) is 0 Å². The second-order valence-corrected chi connectivity index (χ2v) is 7.60. The minimum absolute atomic E-state index is 0.104. The molecule has 1 N–H and O–H groups in total. The van der Waals surface area contributed by atoms with Gasteiger partial charge in [-0.1, -0.05) is 85.8 Å². The van der Waals surface area contributed by atoms with Gasteiger partial charge >= 0.3 is 5.97 Å². The number of ether oxygens (including phenoxy) is 2. The van der Waals surface area contributed by atoms with Gasteiger partial charge in [-0.3, -0.25) is 9.59 Å². The van der Waals surface area contributed by atoms with E-state index < -0.39 is 0 Å². The van der Waals surface area contributed by atoms with Crippen LogP contribution >= 0.6 is 0 Å². The van der Waals surface area contributed by atoms with Gasteiger partial charge < -0.3 is 14.8 Å². The molecule has 0 atom stereocenters. The Hall–Kier alpha value is -4.38. The zero-order valence-electron chi connectivity index (χ0n) is 18.9. The lowest BCUT2D eigenvalue weighted by Gasteiger charge is -2.18. The molecule has 0 aliphatic rings. The van der Waals surface area contributed by atoms with Crippen molar-refractivity contribution < 1.29 is 19.1 Å². The van der Waals surface area contributed by atoms with Crippen LogP contribution in [0.2, 0.25) is 0 Å². The molecule has 5 nitrogen and oxygen atoms in total. The Bertz CT molecular complexity index is 1270. The van der Waals surface area contributed by atoms with Gasteiger partial charge in [-0.15, -0.1) is 0 Å². The molecule has 0 aliphatic carbocycles. The lowest BCUT2D eigenvalue weighted by molar-refractivity contribution is -0.134. The quantitative estimate of drug-likeness (QED) is 0.177. The van der Waals surface area contributed by atoms with Gasteiger partial charge in [-0.2, -0.15) is 0 Å². The monoisotopic (exact) mass is 451 g/mol. The van der Waals surface area contributed by atoms with Crippen molar-refractivity contribution in [2.24, 2.45) is 0 Å². The second kappa shape index (κ2) is 11.0. The molecule has 0 spiro atoms. The molecule has 0 fully saturated rings. The molecule has 5 heteroatoms. The molecule has 170 valence electrons. The van der Waals surface area contributed by atoms with Crippen LogP contribution in [-0.2, 0) is 11.4 Å². The number of hydrogen-bond donors (Lipinski definition) is 1. The van der Waals surface area contributed by atoms with Crippen LogP contribution in [0.15, 0.2) is 103 Å². The molecule has 34 heavy (non-hydrogen) atoms. The largest absolute Gasteiger partial charge is 0.485 e. The lowest BCUT2D eigenvalue weighted by atomic mass is 10.0. The summed E-state index contributed by atoms with van der Waals surface area (Å²) in [7, 11) is 0. The fourth-order valence-electron chi connectivity index (χ4n) is 3.43. The predicted molar refractivity (Wildman–Crippen MR) is 133 cm³/mol. The minimum Gasteiger partial charge on any atom is -0.485 e. The van der Waals surface area contributed by atoms with E-state index in [1.807, 2.05) is 72.8 Å². The number of benzene rings is 4. The molecular formula is C29H25NO4. The summed E-state index contributed by atoms with van der Waals surface area (Å²) in [5, 5.41) is 3.28. The van der Waals surface area contributed by atoms with Crippen LogP contribution in [0.25, 0.3) is 0 Å². The van der Waals surface area contributed by atoms with Gasteiger partial charge in [0.2, 0.25) is 0 Å². The molecule has 0 unspecified atom stereocenters. The Labute approximate surface area is 199 Å². The Kier molecular flexibility index (Phi) is 7.35. The van der Waals surface area contributed by atoms with Crippen molar-refractivity contribution in [3.8, 4) is 11.5 Å². The Balaban J connectivity index is 1.67. The molecule has 0 saturated carbocycles. The maximum absolute atomic E-state index is 13.1. The molecule has 0 amide bonds. The van der Waals surface area contributed by atoms with Gasteiger partial charge in [0.25, 0.3) is 0 Å². The number of para-hydroxylation sites is 2. The maximum Gasteiger partial charge on any atom is 0.311 e. The van der Waals surface area contributed by atoms with E-state index in [4.69, 9.17) is 9.47 Å². The summed E-state index contributed by atoms with van der Waals surface area (Å²) in [6.07, 6.45) is 0.218. The van der Waals surface area contributed by atoms with Crippen molar-refractivity contribution in [2.75, 3.05) is 5.32 Å². The van der Waals surface area contributed by atoms with Crippen LogP contribution in [0.5, 0.6) is 11.5 Å². The summed E-state index contributed by atoms with van der Waals surface area (Å²) >= 11 is 0. The van der Waals surface area contributed by atoms with Crippen LogP contribution in [-0.4, -0.2) is 11.8 Å². The van der Waals surface area contributed by atoms with Crippen LogP contribution in [0.3, 0.4) is 0 Å². The summed E-state index contributed by atoms with van der Waals surface area (Å²) < 4.78 is 11.7. The molecule has 0 bridgehead atoms. The predicted octanol–water partition coefficient (Wildman–Crippen LogP) is 6.56. The zero-order valence-corrected chi connectivity index (χ0v) is 18.9. The normalized spacial score (nSPS) is 10.4. The smallest absolute Gasteiger partial charge is 0.311 e. The number of anilines is 2. The summed E-state index contributed by atoms with van der Waals surface area (Å²) in [5.74, 6) is 0.231. The van der Waals surface area contributed by atoms with Crippen molar-refractivity contribution >= 4 is 23.1 Å². The highest BCUT2D eigenvalue weighted by atomic mass is 16.6. The Morgan fingerprint density at radius 2 is 1.38 bits per heavy atom. The molecule has 0 aromatic heterocycles. The number of nitrogens with one attached hydrogen (secondary N) is 1. The molecule has 0 heterocycles. The van der Waals surface area contributed by atoms with E-state index in [0.29, 0.717) is 34.9 Å². The molecular weight excluding hydrogens is 426 g/mol. The van der Waals surface area contributed by atoms with Crippen LogP contribution in [0, 0.1) is 0 Å². The first-order valence-corrected chi connectivity index (χ1v) is 11.1. The first-order chi connectivity index (χ1) is 16.7. The fraction of sp³-hybridized carbons (Fsp3) is 0.103. The lowest BCUT2D eigenvalue weighted by Crippen LogP contribution is -2.10. The number of carbonyl (C=O) groups excluding carboxylic acids is 2. The van der Waals surface area contributed by atoms with Crippen molar-refractivity contribution in [2.45, 2.75) is 20.0 Å². The first-order valence-electron chi connectivity index (χ1n) is 11.1. The minimum atomic E-state index is -0.382. The third-order valence-corrected chi connectivity index (χ3v) is 5.20. The maximum atomic E-state index is 13.1. The van der Waals surface area contributed by atoms with Gasteiger partial charge in [0.05, 0.1) is 5.69 Å². The van der Waals surface area contributed by atoms with Crippen molar-refractivity contribution in [3.05, 3.63) is 120 Å². The summed E-state index contributed by atoms with van der Waals surface area (Å²) in [6.45, 7) is 2.06. The number of esters is 1. The highest BCUT2D eigenvalue weighted by molar-refractivity contribution is 6.12. The van der Waals surface area contributed by atoms with E-state index in [0.717, 1.165) is 5.56 Å². The van der Waals surface area contributed by atoms with Gasteiger partial charge in [-0.05, 0) is 29.8 Å². The van der Waals surface area contributed by atoms with Crippen molar-refractivity contribution in [1.82, 2.24) is 0 Å².